The molecular weight excluding hydrogens is 306 g/mol. The highest BCUT2D eigenvalue weighted by Crippen LogP contribution is 2.20. The number of hydrogen-bond donors (Lipinski definition) is 5. The van der Waals surface area contributed by atoms with Gasteiger partial charge in [-0.05, 0) is 12.1 Å². The molecule has 0 bridgehead atoms. The van der Waals surface area contributed by atoms with E-state index in [2.05, 4.69) is 5.32 Å². The van der Waals surface area contributed by atoms with Gasteiger partial charge < -0.3 is 15.2 Å². The summed E-state index contributed by atoms with van der Waals surface area (Å²) in [7, 11) is 0. The van der Waals surface area contributed by atoms with Crippen molar-refractivity contribution in [1.82, 2.24) is 0 Å². The van der Waals surface area contributed by atoms with E-state index in [0.29, 0.717) is 5.69 Å². The zero-order valence-electron chi connectivity index (χ0n) is 11.9. The van der Waals surface area contributed by atoms with Crippen LogP contribution in [0.2, 0.25) is 0 Å². The molecule has 0 saturated carbocycles. The molecule has 5 N–H and O–H groups in total. The molecule has 0 aliphatic rings. The first kappa shape index (κ1) is 16.8. The Kier molecular flexibility index (Phi) is 5.60. The standard InChI is InChI=1S/C14H15N3O6/c18-14(15-10-5-2-1-3-6-10)23-9-11-12(16(19)20)7-4-8-13(11)17(21)22/h1-8,16-17,19,21H,9H2,(H,15,18). The molecule has 0 heterocycles. The number of anilines is 1. The molecule has 0 aliphatic carbocycles. The Labute approximate surface area is 131 Å². The average molecular weight is 321 g/mol. The van der Waals surface area contributed by atoms with Gasteiger partial charge in [-0.3, -0.25) is 5.32 Å². The van der Waals surface area contributed by atoms with Crippen molar-refractivity contribution in [3.05, 3.63) is 64.5 Å². The van der Waals surface area contributed by atoms with Crippen LogP contribution < -0.4 is 15.8 Å². The van der Waals surface area contributed by atoms with Crippen LogP contribution in [0.25, 0.3) is 0 Å². The predicted molar refractivity (Wildman–Crippen MR) is 78.2 cm³/mol. The molecule has 2 aromatic rings. The number of hydrogen-bond acceptors (Lipinski definition) is 6. The Morgan fingerprint density at radius 1 is 1.00 bits per heavy atom. The summed E-state index contributed by atoms with van der Waals surface area (Å²) in [6, 6.07) is 12.3. The number of rotatable bonds is 5. The second-order valence-electron chi connectivity index (χ2n) is 4.51. The quantitative estimate of drug-likeness (QED) is 0.501. The molecule has 122 valence electrons. The van der Waals surface area contributed by atoms with Crippen molar-refractivity contribution >= 4 is 23.2 Å². The van der Waals surface area contributed by atoms with E-state index in [1.54, 1.807) is 30.3 Å². The number of benzene rings is 2. The smallest absolute Gasteiger partial charge is 0.411 e. The number of nitrogens with one attached hydrogen (secondary N) is 3. The van der Waals surface area contributed by atoms with Crippen molar-refractivity contribution < 1.29 is 30.4 Å². The van der Waals surface area contributed by atoms with E-state index in [4.69, 9.17) is 15.2 Å². The van der Waals surface area contributed by atoms with Gasteiger partial charge in [0.2, 0.25) is 0 Å². The summed E-state index contributed by atoms with van der Waals surface area (Å²) in [5.74, 6) is 0. The van der Waals surface area contributed by atoms with Gasteiger partial charge in [-0.15, -0.1) is 0 Å². The number of carbonyl (C=O) groups excluding carboxylic acids is 1. The normalized spacial score (nSPS) is 13.2. The molecule has 9 nitrogen and oxygen atoms in total. The number of carbonyl (C=O) groups is 1. The molecule has 0 spiro atoms. The van der Waals surface area contributed by atoms with Crippen molar-refractivity contribution in [2.24, 2.45) is 0 Å². The minimum Gasteiger partial charge on any atom is -0.595 e. The second kappa shape index (κ2) is 7.65. The van der Waals surface area contributed by atoms with Gasteiger partial charge in [-0.1, -0.05) is 24.3 Å². The van der Waals surface area contributed by atoms with E-state index in [0.717, 1.165) is 0 Å². The summed E-state index contributed by atoms with van der Waals surface area (Å²) < 4.78 is 4.94. The maximum atomic E-state index is 11.7. The third-order valence-corrected chi connectivity index (χ3v) is 3.00. The number of quaternary nitrogens is 2. The Balaban J connectivity index is 2.11. The summed E-state index contributed by atoms with van der Waals surface area (Å²) in [4.78, 5) is 11.7. The van der Waals surface area contributed by atoms with Crippen LogP contribution in [0.4, 0.5) is 21.9 Å². The predicted octanol–water partition coefficient (Wildman–Crippen LogP) is 0.242. The molecule has 0 aromatic heterocycles. The van der Waals surface area contributed by atoms with E-state index in [9.17, 15) is 15.2 Å². The van der Waals surface area contributed by atoms with Gasteiger partial charge in [-0.25, -0.2) is 15.2 Å². The van der Waals surface area contributed by atoms with Crippen molar-refractivity contribution in [3.63, 3.8) is 0 Å². The van der Waals surface area contributed by atoms with Gasteiger partial charge in [-0.2, -0.15) is 10.5 Å². The van der Waals surface area contributed by atoms with Crippen molar-refractivity contribution in [2.75, 3.05) is 5.32 Å². The molecule has 2 rings (SSSR count). The van der Waals surface area contributed by atoms with Gasteiger partial charge >= 0.3 is 6.09 Å². The van der Waals surface area contributed by atoms with E-state index in [-0.39, 0.29) is 16.9 Å². The number of ether oxygens (including phenoxy) is 1. The van der Waals surface area contributed by atoms with Crippen LogP contribution in [-0.2, 0) is 11.3 Å². The van der Waals surface area contributed by atoms with Crippen LogP contribution in [0.1, 0.15) is 5.56 Å². The lowest BCUT2D eigenvalue weighted by Gasteiger charge is -2.20. The number of amides is 1. The lowest BCUT2D eigenvalue weighted by Crippen LogP contribution is -3.01. The SMILES string of the molecule is O=C(Nc1ccccc1)OCc1c([NH+]([O-])O)cccc1[NH+]([O-])O. The molecule has 2 aromatic carbocycles. The molecule has 23 heavy (non-hydrogen) atoms. The fourth-order valence-electron chi connectivity index (χ4n) is 1.96. The highest BCUT2D eigenvalue weighted by molar-refractivity contribution is 5.84. The van der Waals surface area contributed by atoms with Crippen LogP contribution >= 0.6 is 0 Å². The van der Waals surface area contributed by atoms with Crippen molar-refractivity contribution in [2.45, 2.75) is 6.61 Å². The number of para-hydroxylation sites is 1. The first-order chi connectivity index (χ1) is 11.0. The van der Waals surface area contributed by atoms with E-state index >= 15 is 0 Å². The lowest BCUT2D eigenvalue weighted by atomic mass is 10.1. The van der Waals surface area contributed by atoms with Crippen molar-refractivity contribution in [1.29, 1.82) is 0 Å². The Morgan fingerprint density at radius 3 is 2.09 bits per heavy atom. The zero-order valence-corrected chi connectivity index (χ0v) is 11.9. The molecule has 2 unspecified atom stereocenters. The van der Waals surface area contributed by atoms with E-state index in [1.165, 1.54) is 18.2 Å². The molecule has 0 aliphatic heterocycles. The molecule has 2 atom stereocenters. The summed E-state index contributed by atoms with van der Waals surface area (Å²) in [6.45, 7) is -0.469. The zero-order chi connectivity index (χ0) is 16.8. The fraction of sp³-hybridized carbons (Fsp3) is 0.0714. The fourth-order valence-corrected chi connectivity index (χ4v) is 1.96. The summed E-state index contributed by atoms with van der Waals surface area (Å²) >= 11 is 0. The highest BCUT2D eigenvalue weighted by atomic mass is 16.8. The third-order valence-electron chi connectivity index (χ3n) is 3.00. The Bertz CT molecular complexity index is 637. The maximum Gasteiger partial charge on any atom is 0.411 e. The van der Waals surface area contributed by atoms with Gasteiger partial charge in [0, 0.05) is 17.8 Å². The Hall–Kier alpha value is -2.53. The monoisotopic (exact) mass is 321 g/mol. The van der Waals surface area contributed by atoms with Gasteiger partial charge in [0.25, 0.3) is 0 Å². The molecule has 0 saturated heterocycles. The maximum absolute atomic E-state index is 11.7. The van der Waals surface area contributed by atoms with E-state index < -0.39 is 23.2 Å². The molecular formula is C14H15N3O6. The lowest BCUT2D eigenvalue weighted by molar-refractivity contribution is -0.996. The van der Waals surface area contributed by atoms with Gasteiger partial charge in [0.05, 0.1) is 0 Å². The largest absolute Gasteiger partial charge is 0.595 e. The molecule has 0 radical (unpaired) electrons. The molecule has 0 fully saturated rings. The van der Waals surface area contributed by atoms with Crippen LogP contribution in [-0.4, -0.2) is 16.5 Å². The third kappa shape index (κ3) is 4.47. The van der Waals surface area contributed by atoms with Crippen molar-refractivity contribution in [3.8, 4) is 0 Å². The average Bonchev–Trinajstić information content (AvgIpc) is 2.53. The minimum absolute atomic E-state index is 0.0734. The molecule has 1 amide bonds. The van der Waals surface area contributed by atoms with Crippen LogP contribution in [0, 0.1) is 10.4 Å². The Morgan fingerprint density at radius 2 is 1.57 bits per heavy atom. The van der Waals surface area contributed by atoms with Crippen LogP contribution in [0.5, 0.6) is 0 Å². The summed E-state index contributed by atoms with van der Waals surface area (Å²) in [6.07, 6.45) is -0.812. The minimum atomic E-state index is -1.30. The first-order valence-electron chi connectivity index (χ1n) is 6.56. The molecule has 9 heteroatoms. The van der Waals surface area contributed by atoms with Gasteiger partial charge in [0.15, 0.2) is 11.4 Å². The second-order valence-corrected chi connectivity index (χ2v) is 4.51. The highest BCUT2D eigenvalue weighted by Gasteiger charge is 2.20. The topological polar surface area (TPSA) is 134 Å². The summed E-state index contributed by atoms with van der Waals surface area (Å²) in [5, 5.41) is 40.5. The summed E-state index contributed by atoms with van der Waals surface area (Å²) in [5.41, 5.74) is -0.0204. The first-order valence-corrected chi connectivity index (χ1v) is 6.56. The van der Waals surface area contributed by atoms with E-state index in [1.807, 2.05) is 0 Å². The van der Waals surface area contributed by atoms with Crippen LogP contribution in [0.3, 0.4) is 0 Å². The van der Waals surface area contributed by atoms with Gasteiger partial charge in [0.1, 0.15) is 12.2 Å². The van der Waals surface area contributed by atoms with Crippen LogP contribution in [0.15, 0.2) is 48.5 Å².